The molecule has 0 aliphatic carbocycles. The second-order valence-electron chi connectivity index (χ2n) is 8.31. The van der Waals surface area contributed by atoms with Gasteiger partial charge in [0.1, 0.15) is 12.4 Å². The lowest BCUT2D eigenvalue weighted by Gasteiger charge is -2.24. The van der Waals surface area contributed by atoms with Gasteiger partial charge in [-0.05, 0) is 60.2 Å². The second-order valence-corrected chi connectivity index (χ2v) is 9.34. The van der Waals surface area contributed by atoms with E-state index < -0.39 is 6.09 Å². The van der Waals surface area contributed by atoms with Crippen LogP contribution in [0.2, 0.25) is 0 Å². The fraction of sp³-hybridized carbons (Fsp3) is 0.250. The highest BCUT2D eigenvalue weighted by molar-refractivity contribution is 7.09. The number of nitrogens with zero attached hydrogens (tertiary/aromatic N) is 1. The molecule has 5 nitrogen and oxygen atoms in total. The van der Waals surface area contributed by atoms with Crippen LogP contribution in [0.4, 0.5) is 10.5 Å². The van der Waals surface area contributed by atoms with Gasteiger partial charge in [0.05, 0.1) is 6.61 Å². The Balaban J connectivity index is 1.25. The normalized spacial score (nSPS) is 12.9. The minimum absolute atomic E-state index is 0.244. The van der Waals surface area contributed by atoms with Crippen molar-refractivity contribution >= 4 is 23.1 Å². The topological polar surface area (TPSA) is 50.8 Å². The summed E-state index contributed by atoms with van der Waals surface area (Å²) in [5.74, 6) is 0.913. The Morgan fingerprint density at radius 1 is 1.09 bits per heavy atom. The molecule has 0 radical (unpaired) electrons. The van der Waals surface area contributed by atoms with Crippen LogP contribution >= 0.6 is 11.3 Å². The molecule has 176 valence electrons. The number of hydrogen-bond donors (Lipinski definition) is 1. The molecular weight excluding hydrogens is 444 g/mol. The maximum Gasteiger partial charge on any atom is 0.411 e. The molecule has 2 heterocycles. The minimum atomic E-state index is -0.453. The summed E-state index contributed by atoms with van der Waals surface area (Å²) < 4.78 is 11.3. The summed E-state index contributed by atoms with van der Waals surface area (Å²) in [6.45, 7) is 6.50. The number of allylic oxidation sites excluding steroid dienone is 1. The number of thiophene rings is 1. The lowest BCUT2D eigenvalue weighted by atomic mass is 10.1. The van der Waals surface area contributed by atoms with Crippen molar-refractivity contribution in [2.24, 2.45) is 0 Å². The van der Waals surface area contributed by atoms with Gasteiger partial charge in [-0.3, -0.25) is 5.32 Å². The number of nitrogens with one attached hydrogen (secondary N) is 1. The van der Waals surface area contributed by atoms with Gasteiger partial charge in [0.25, 0.3) is 0 Å². The third kappa shape index (κ3) is 6.75. The largest absolute Gasteiger partial charge is 0.493 e. The van der Waals surface area contributed by atoms with E-state index in [9.17, 15) is 4.79 Å². The number of carbonyl (C=O) groups is 1. The predicted molar refractivity (Wildman–Crippen MR) is 138 cm³/mol. The lowest BCUT2D eigenvalue weighted by Crippen LogP contribution is -2.21. The predicted octanol–water partition coefficient (Wildman–Crippen LogP) is 6.59. The molecule has 1 aliphatic rings. The van der Waals surface area contributed by atoms with E-state index in [0.717, 1.165) is 47.6 Å². The van der Waals surface area contributed by atoms with Crippen molar-refractivity contribution in [3.8, 4) is 0 Å². The van der Waals surface area contributed by atoms with Gasteiger partial charge in [0, 0.05) is 36.3 Å². The fourth-order valence-electron chi connectivity index (χ4n) is 3.65. The standard InChI is InChI=1S/C28H30N2O3S/c1-21-8-10-23(11-9-21)20-33-28(31)29-27-7-3-5-24(22(27)2)19-30-15-12-25(13-16-30)32-17-14-26-6-4-18-34-26/h3-13,15,18H,14,16-17,19-20H2,1-2H3,(H,29,31). The molecule has 4 rings (SSSR count). The van der Waals surface area contributed by atoms with E-state index in [2.05, 4.69) is 46.1 Å². The average Bonchev–Trinajstić information content (AvgIpc) is 3.36. The molecule has 0 spiro atoms. The molecule has 0 fully saturated rings. The van der Waals surface area contributed by atoms with Crippen LogP contribution in [0.15, 0.2) is 84.1 Å². The van der Waals surface area contributed by atoms with Crippen LogP contribution in [0, 0.1) is 13.8 Å². The number of hydrogen-bond acceptors (Lipinski definition) is 5. The van der Waals surface area contributed by atoms with Gasteiger partial charge in [-0.2, -0.15) is 0 Å². The Kier molecular flexibility index (Phi) is 8.04. The molecule has 0 unspecified atom stereocenters. The first-order chi connectivity index (χ1) is 16.6. The van der Waals surface area contributed by atoms with Crippen molar-refractivity contribution in [3.05, 3.63) is 111 Å². The zero-order valence-corrected chi connectivity index (χ0v) is 20.4. The van der Waals surface area contributed by atoms with Crippen molar-refractivity contribution in [1.82, 2.24) is 4.90 Å². The van der Waals surface area contributed by atoms with Crippen LogP contribution in [0.25, 0.3) is 0 Å². The Hall–Kier alpha value is -3.51. The molecule has 1 amide bonds. The molecule has 6 heteroatoms. The van der Waals surface area contributed by atoms with Gasteiger partial charge in [0.15, 0.2) is 0 Å². The number of rotatable bonds is 9. The summed E-state index contributed by atoms with van der Waals surface area (Å²) in [5, 5.41) is 4.97. The van der Waals surface area contributed by atoms with Crippen LogP contribution in [0.3, 0.4) is 0 Å². The van der Waals surface area contributed by atoms with Gasteiger partial charge in [0.2, 0.25) is 0 Å². The molecule has 0 bridgehead atoms. The Morgan fingerprint density at radius 3 is 2.68 bits per heavy atom. The van der Waals surface area contributed by atoms with Crippen molar-refractivity contribution in [2.75, 3.05) is 18.5 Å². The number of ether oxygens (including phenoxy) is 2. The highest BCUT2D eigenvalue weighted by atomic mass is 32.1. The monoisotopic (exact) mass is 474 g/mol. The van der Waals surface area contributed by atoms with E-state index >= 15 is 0 Å². The first-order valence-electron chi connectivity index (χ1n) is 11.4. The molecular formula is C28H30N2O3S. The SMILES string of the molecule is Cc1ccc(COC(=O)Nc2cccc(CN3C=CC(OCCc4cccs4)=CC3)c2C)cc1. The maximum absolute atomic E-state index is 12.3. The van der Waals surface area contributed by atoms with E-state index in [-0.39, 0.29) is 6.61 Å². The van der Waals surface area contributed by atoms with Gasteiger partial charge in [-0.25, -0.2) is 4.79 Å². The molecule has 0 saturated carbocycles. The van der Waals surface area contributed by atoms with Gasteiger partial charge >= 0.3 is 6.09 Å². The molecule has 1 aliphatic heterocycles. The first-order valence-corrected chi connectivity index (χ1v) is 12.3. The maximum atomic E-state index is 12.3. The number of amides is 1. The molecule has 0 saturated heterocycles. The van der Waals surface area contributed by atoms with Crippen molar-refractivity contribution in [3.63, 3.8) is 0 Å². The van der Waals surface area contributed by atoms with Gasteiger partial charge in [-0.15, -0.1) is 11.3 Å². The number of carbonyl (C=O) groups excluding carboxylic acids is 1. The zero-order valence-electron chi connectivity index (χ0n) is 19.6. The highest BCUT2D eigenvalue weighted by Crippen LogP contribution is 2.22. The summed E-state index contributed by atoms with van der Waals surface area (Å²) in [5.41, 5.74) is 5.09. The van der Waals surface area contributed by atoms with E-state index in [4.69, 9.17) is 9.47 Å². The number of benzene rings is 2. The molecule has 2 aromatic carbocycles. The van der Waals surface area contributed by atoms with Crippen LogP contribution < -0.4 is 5.32 Å². The van der Waals surface area contributed by atoms with Crippen molar-refractivity contribution in [1.29, 1.82) is 0 Å². The Labute approximate surface area is 205 Å². The fourth-order valence-corrected chi connectivity index (χ4v) is 4.34. The third-order valence-corrected chi connectivity index (χ3v) is 6.66. The van der Waals surface area contributed by atoms with Crippen molar-refractivity contribution in [2.45, 2.75) is 33.4 Å². The molecule has 1 aromatic heterocycles. The quantitative estimate of drug-likeness (QED) is 0.380. The second kappa shape index (κ2) is 11.6. The first kappa shape index (κ1) is 23.6. The summed E-state index contributed by atoms with van der Waals surface area (Å²) in [4.78, 5) is 15.9. The third-order valence-electron chi connectivity index (χ3n) is 5.72. The highest BCUT2D eigenvalue weighted by Gasteiger charge is 2.12. The Morgan fingerprint density at radius 2 is 1.94 bits per heavy atom. The minimum Gasteiger partial charge on any atom is -0.493 e. The summed E-state index contributed by atoms with van der Waals surface area (Å²) in [6.07, 6.45) is 6.66. The smallest absolute Gasteiger partial charge is 0.411 e. The van der Waals surface area contributed by atoms with E-state index in [1.807, 2.05) is 56.3 Å². The van der Waals surface area contributed by atoms with Crippen LogP contribution in [-0.2, 0) is 29.0 Å². The molecule has 0 atom stereocenters. The number of aryl methyl sites for hydroxylation is 1. The van der Waals surface area contributed by atoms with Gasteiger partial charge in [-0.1, -0.05) is 48.0 Å². The van der Waals surface area contributed by atoms with E-state index in [1.165, 1.54) is 10.4 Å². The van der Waals surface area contributed by atoms with Gasteiger partial charge < -0.3 is 14.4 Å². The van der Waals surface area contributed by atoms with Crippen molar-refractivity contribution < 1.29 is 14.3 Å². The molecule has 3 aromatic rings. The van der Waals surface area contributed by atoms with Crippen LogP contribution in [-0.4, -0.2) is 24.1 Å². The summed E-state index contributed by atoms with van der Waals surface area (Å²) >= 11 is 1.76. The van der Waals surface area contributed by atoms with Crippen LogP contribution in [0.5, 0.6) is 0 Å². The summed E-state index contributed by atoms with van der Waals surface area (Å²) in [7, 11) is 0. The molecule has 34 heavy (non-hydrogen) atoms. The summed E-state index contributed by atoms with van der Waals surface area (Å²) in [6, 6.07) is 18.1. The zero-order chi connectivity index (χ0) is 23.8. The number of anilines is 1. The van der Waals surface area contributed by atoms with Crippen LogP contribution in [0.1, 0.15) is 27.1 Å². The average molecular weight is 475 g/mol. The Bertz CT molecular complexity index is 1150. The van der Waals surface area contributed by atoms with E-state index in [1.54, 1.807) is 11.3 Å². The lowest BCUT2D eigenvalue weighted by molar-refractivity contribution is 0.155. The van der Waals surface area contributed by atoms with E-state index in [0.29, 0.717) is 6.61 Å². The molecule has 1 N–H and O–H groups in total.